The molecular weight excluding hydrogens is 226 g/mol. The third kappa shape index (κ3) is 3.31. The van der Waals surface area contributed by atoms with Crippen molar-refractivity contribution in [1.82, 2.24) is 5.32 Å². The van der Waals surface area contributed by atoms with Gasteiger partial charge in [0, 0.05) is 25.6 Å². The normalized spacial score (nSPS) is 25.6. The quantitative estimate of drug-likeness (QED) is 0.840. The van der Waals surface area contributed by atoms with Crippen LogP contribution in [0.15, 0.2) is 30.3 Å². The number of rotatable bonds is 5. The average molecular weight is 249 g/mol. The van der Waals surface area contributed by atoms with Crippen LogP contribution in [0.25, 0.3) is 0 Å². The van der Waals surface area contributed by atoms with Crippen molar-refractivity contribution >= 4 is 0 Å². The maximum atomic E-state index is 10.3. The molecule has 3 heteroatoms. The van der Waals surface area contributed by atoms with Crippen molar-refractivity contribution < 1.29 is 9.84 Å². The maximum Gasteiger partial charge on any atom is 0.103 e. The van der Waals surface area contributed by atoms with Crippen LogP contribution in [0.3, 0.4) is 0 Å². The summed E-state index contributed by atoms with van der Waals surface area (Å²) in [5.41, 5.74) is 0.581. The zero-order valence-corrected chi connectivity index (χ0v) is 11.2. The van der Waals surface area contributed by atoms with Gasteiger partial charge in [0.15, 0.2) is 0 Å². The van der Waals surface area contributed by atoms with Crippen LogP contribution in [0.5, 0.6) is 0 Å². The smallest absolute Gasteiger partial charge is 0.103 e. The van der Waals surface area contributed by atoms with Gasteiger partial charge in [-0.3, -0.25) is 0 Å². The van der Waals surface area contributed by atoms with Crippen LogP contribution >= 0.6 is 0 Å². The van der Waals surface area contributed by atoms with Gasteiger partial charge in [0.1, 0.15) is 5.60 Å². The molecule has 0 aliphatic carbocycles. The second-order valence-electron chi connectivity index (χ2n) is 5.54. The fraction of sp³-hybridized carbons (Fsp3) is 0.600. The highest BCUT2D eigenvalue weighted by Crippen LogP contribution is 2.24. The van der Waals surface area contributed by atoms with Crippen molar-refractivity contribution in [3.05, 3.63) is 35.9 Å². The minimum Gasteiger partial charge on any atom is -0.386 e. The Hall–Kier alpha value is -0.900. The molecule has 1 aliphatic rings. The van der Waals surface area contributed by atoms with Crippen LogP contribution in [0.4, 0.5) is 0 Å². The van der Waals surface area contributed by atoms with E-state index < -0.39 is 5.60 Å². The number of ether oxygens (including phenoxy) is 1. The lowest BCUT2D eigenvalue weighted by atomic mass is 9.94. The van der Waals surface area contributed by atoms with Gasteiger partial charge in [0.25, 0.3) is 0 Å². The van der Waals surface area contributed by atoms with E-state index in [1.165, 1.54) is 5.56 Å². The lowest BCUT2D eigenvalue weighted by molar-refractivity contribution is 0.0235. The SMILES string of the molecule is CC(C)[C@@H](NC[C@@]1(O)CCOC1)c1ccccc1. The van der Waals surface area contributed by atoms with Gasteiger partial charge >= 0.3 is 0 Å². The summed E-state index contributed by atoms with van der Waals surface area (Å²) in [7, 11) is 0. The summed E-state index contributed by atoms with van der Waals surface area (Å²) in [5, 5.41) is 13.8. The largest absolute Gasteiger partial charge is 0.386 e. The van der Waals surface area contributed by atoms with Crippen molar-refractivity contribution in [2.45, 2.75) is 31.9 Å². The van der Waals surface area contributed by atoms with Gasteiger partial charge < -0.3 is 15.2 Å². The van der Waals surface area contributed by atoms with Crippen LogP contribution in [-0.2, 0) is 4.74 Å². The predicted molar refractivity (Wildman–Crippen MR) is 72.4 cm³/mol. The Morgan fingerprint density at radius 1 is 1.33 bits per heavy atom. The minimum atomic E-state index is -0.693. The standard InChI is InChI=1S/C15H23NO2/c1-12(2)14(13-6-4-3-5-7-13)16-10-15(17)8-9-18-11-15/h3-7,12,14,16-17H,8-11H2,1-2H3/t14-,15+/m1/s1. The molecule has 1 aromatic rings. The molecule has 2 N–H and O–H groups in total. The number of hydrogen-bond acceptors (Lipinski definition) is 3. The Kier molecular flexibility index (Phi) is 4.38. The van der Waals surface area contributed by atoms with E-state index in [-0.39, 0.29) is 6.04 Å². The average Bonchev–Trinajstić information content (AvgIpc) is 2.78. The first kappa shape index (κ1) is 13.5. The van der Waals surface area contributed by atoms with Gasteiger partial charge in [-0.1, -0.05) is 44.2 Å². The molecule has 0 radical (unpaired) electrons. The Bertz CT molecular complexity index is 358. The van der Waals surface area contributed by atoms with Gasteiger partial charge in [0.05, 0.1) is 6.61 Å². The van der Waals surface area contributed by atoms with Crippen molar-refractivity contribution in [2.24, 2.45) is 5.92 Å². The first-order valence-corrected chi connectivity index (χ1v) is 6.69. The summed E-state index contributed by atoms with van der Waals surface area (Å²) < 4.78 is 5.27. The highest BCUT2D eigenvalue weighted by Gasteiger charge is 2.33. The lowest BCUT2D eigenvalue weighted by Crippen LogP contribution is -2.43. The van der Waals surface area contributed by atoms with Crippen molar-refractivity contribution in [3.63, 3.8) is 0 Å². The molecule has 0 saturated carbocycles. The summed E-state index contributed by atoms with van der Waals surface area (Å²) in [6, 6.07) is 10.7. The Morgan fingerprint density at radius 2 is 2.06 bits per heavy atom. The maximum absolute atomic E-state index is 10.3. The molecule has 1 aliphatic heterocycles. The first-order chi connectivity index (χ1) is 8.61. The fourth-order valence-corrected chi connectivity index (χ4v) is 2.43. The molecule has 1 aromatic carbocycles. The van der Waals surface area contributed by atoms with E-state index in [1.807, 2.05) is 6.07 Å². The summed E-state index contributed by atoms with van der Waals surface area (Å²) >= 11 is 0. The summed E-state index contributed by atoms with van der Waals surface area (Å²) in [4.78, 5) is 0. The molecule has 3 nitrogen and oxygen atoms in total. The topological polar surface area (TPSA) is 41.5 Å². The van der Waals surface area contributed by atoms with Gasteiger partial charge in [-0.05, 0) is 11.5 Å². The van der Waals surface area contributed by atoms with Crippen LogP contribution in [-0.4, -0.2) is 30.5 Å². The van der Waals surface area contributed by atoms with E-state index >= 15 is 0 Å². The predicted octanol–water partition coefficient (Wildman–Crippen LogP) is 2.12. The molecule has 1 saturated heterocycles. The minimum absolute atomic E-state index is 0.274. The molecule has 100 valence electrons. The van der Waals surface area contributed by atoms with Crippen LogP contribution in [0.2, 0.25) is 0 Å². The highest BCUT2D eigenvalue weighted by molar-refractivity contribution is 5.19. The van der Waals surface area contributed by atoms with E-state index in [2.05, 4.69) is 43.4 Å². The Balaban J connectivity index is 1.99. The van der Waals surface area contributed by atoms with Gasteiger partial charge in [-0.25, -0.2) is 0 Å². The lowest BCUT2D eigenvalue weighted by Gasteiger charge is -2.28. The molecular formula is C15H23NO2. The summed E-state index contributed by atoms with van der Waals surface area (Å²) in [5.74, 6) is 0.485. The summed E-state index contributed by atoms with van der Waals surface area (Å²) in [6.07, 6.45) is 0.722. The number of hydrogen-bond donors (Lipinski definition) is 2. The molecule has 0 aromatic heterocycles. The van der Waals surface area contributed by atoms with Gasteiger partial charge in [0.2, 0.25) is 0 Å². The Labute approximate surface area is 109 Å². The van der Waals surface area contributed by atoms with Crippen molar-refractivity contribution in [1.29, 1.82) is 0 Å². The third-order valence-corrected chi connectivity index (χ3v) is 3.56. The second-order valence-corrected chi connectivity index (χ2v) is 5.54. The second kappa shape index (κ2) is 5.83. The Morgan fingerprint density at radius 3 is 2.61 bits per heavy atom. The van der Waals surface area contributed by atoms with Crippen molar-refractivity contribution in [2.75, 3.05) is 19.8 Å². The number of nitrogens with one attached hydrogen (secondary N) is 1. The van der Waals surface area contributed by atoms with E-state index in [1.54, 1.807) is 0 Å². The molecule has 1 fully saturated rings. The van der Waals surface area contributed by atoms with Gasteiger partial charge in [-0.2, -0.15) is 0 Å². The van der Waals surface area contributed by atoms with Gasteiger partial charge in [-0.15, -0.1) is 0 Å². The molecule has 2 rings (SSSR count). The monoisotopic (exact) mass is 249 g/mol. The number of benzene rings is 1. The third-order valence-electron chi connectivity index (χ3n) is 3.56. The molecule has 0 unspecified atom stereocenters. The van der Waals surface area contributed by atoms with Crippen LogP contribution in [0, 0.1) is 5.92 Å². The molecule has 0 bridgehead atoms. The first-order valence-electron chi connectivity index (χ1n) is 6.69. The summed E-state index contributed by atoms with van der Waals surface area (Å²) in [6.45, 7) is 6.08. The molecule has 0 amide bonds. The molecule has 1 heterocycles. The van der Waals surface area contributed by atoms with E-state index in [0.29, 0.717) is 25.7 Å². The number of aliphatic hydroxyl groups is 1. The van der Waals surface area contributed by atoms with Crippen LogP contribution < -0.4 is 5.32 Å². The van der Waals surface area contributed by atoms with E-state index in [0.717, 1.165) is 6.42 Å². The zero-order valence-electron chi connectivity index (χ0n) is 11.2. The highest BCUT2D eigenvalue weighted by atomic mass is 16.5. The fourth-order valence-electron chi connectivity index (χ4n) is 2.43. The molecule has 18 heavy (non-hydrogen) atoms. The van der Waals surface area contributed by atoms with E-state index in [9.17, 15) is 5.11 Å². The molecule has 0 spiro atoms. The van der Waals surface area contributed by atoms with E-state index in [4.69, 9.17) is 4.74 Å². The van der Waals surface area contributed by atoms with Crippen molar-refractivity contribution in [3.8, 4) is 0 Å². The molecule has 2 atom stereocenters. The van der Waals surface area contributed by atoms with Crippen LogP contribution in [0.1, 0.15) is 31.9 Å². The zero-order chi connectivity index (χ0) is 13.0.